The molecule has 0 aliphatic carbocycles. The second kappa shape index (κ2) is 6.80. The van der Waals surface area contributed by atoms with E-state index in [1.165, 1.54) is 0 Å². The van der Waals surface area contributed by atoms with Crippen molar-refractivity contribution in [2.45, 2.75) is 26.2 Å². The summed E-state index contributed by atoms with van der Waals surface area (Å²) in [5, 5.41) is 12.2. The average Bonchev–Trinajstić information content (AvgIpc) is 2.29. The van der Waals surface area contributed by atoms with Gasteiger partial charge < -0.3 is 14.8 Å². The van der Waals surface area contributed by atoms with Crippen molar-refractivity contribution in [2.24, 2.45) is 11.1 Å². The minimum Gasteiger partial charge on any atom is -0.411 e. The molecule has 1 atom stereocenters. The van der Waals surface area contributed by atoms with Gasteiger partial charge in [0.25, 0.3) is 0 Å². The lowest BCUT2D eigenvalue weighted by Crippen LogP contribution is -2.41. The largest absolute Gasteiger partial charge is 0.411 e. The number of hydrogen-bond acceptors (Lipinski definition) is 4. The van der Waals surface area contributed by atoms with E-state index in [-0.39, 0.29) is 0 Å². The van der Waals surface area contributed by atoms with Crippen LogP contribution >= 0.6 is 0 Å². The molecule has 0 saturated carbocycles. The third kappa shape index (κ3) is 3.80. The lowest BCUT2D eigenvalue weighted by Gasteiger charge is -2.32. The summed E-state index contributed by atoms with van der Waals surface area (Å²) in [6, 6.07) is 0. The van der Waals surface area contributed by atoms with E-state index in [4.69, 9.17) is 9.94 Å². The van der Waals surface area contributed by atoms with Gasteiger partial charge in [-0.05, 0) is 12.8 Å². The number of hydrogen-bond donors (Lipinski definition) is 1. The molecule has 0 aromatic rings. The number of piperidine rings is 1. The molecular weight excluding hydrogens is 192 g/mol. The summed E-state index contributed by atoms with van der Waals surface area (Å²) in [4.78, 5) is 2.43. The van der Waals surface area contributed by atoms with Crippen molar-refractivity contribution in [3.8, 4) is 0 Å². The van der Waals surface area contributed by atoms with Gasteiger partial charge in [-0.3, -0.25) is 0 Å². The number of methoxy groups -OCH3 is 1. The zero-order valence-corrected chi connectivity index (χ0v) is 9.78. The van der Waals surface area contributed by atoms with Crippen molar-refractivity contribution in [3.63, 3.8) is 0 Å². The van der Waals surface area contributed by atoms with Crippen molar-refractivity contribution in [2.75, 3.05) is 33.4 Å². The van der Waals surface area contributed by atoms with E-state index in [1.54, 1.807) is 7.11 Å². The zero-order chi connectivity index (χ0) is 11.1. The quantitative estimate of drug-likeness (QED) is 0.429. The number of oxime groups is 1. The first-order valence-electron chi connectivity index (χ1n) is 5.74. The molecule has 1 saturated heterocycles. The Morgan fingerprint density at radius 2 is 2.40 bits per heavy atom. The highest BCUT2D eigenvalue weighted by Gasteiger charge is 2.24. The molecule has 88 valence electrons. The molecule has 15 heavy (non-hydrogen) atoms. The highest BCUT2D eigenvalue weighted by Crippen LogP contribution is 2.17. The normalized spacial score (nSPS) is 26.0. The van der Waals surface area contributed by atoms with E-state index in [9.17, 15) is 0 Å². The first-order chi connectivity index (χ1) is 7.31. The Morgan fingerprint density at radius 3 is 3.00 bits per heavy atom. The summed E-state index contributed by atoms with van der Waals surface area (Å²) in [6.45, 7) is 6.10. The molecule has 0 aromatic carbocycles. The molecule has 1 fully saturated rings. The fraction of sp³-hybridized carbons (Fsp3) is 0.909. The summed E-state index contributed by atoms with van der Waals surface area (Å²) in [7, 11) is 1.74. The molecule has 0 radical (unpaired) electrons. The lowest BCUT2D eigenvalue weighted by molar-refractivity contribution is 0.163. The monoisotopic (exact) mass is 214 g/mol. The minimum atomic E-state index is 0.436. The summed E-state index contributed by atoms with van der Waals surface area (Å²) >= 11 is 0. The average molecular weight is 214 g/mol. The van der Waals surface area contributed by atoms with Gasteiger partial charge in [0.05, 0.1) is 5.71 Å². The predicted molar refractivity (Wildman–Crippen MR) is 60.6 cm³/mol. The van der Waals surface area contributed by atoms with Crippen LogP contribution in [0.3, 0.4) is 0 Å². The molecule has 4 nitrogen and oxygen atoms in total. The topological polar surface area (TPSA) is 45.1 Å². The van der Waals surface area contributed by atoms with Crippen molar-refractivity contribution in [1.29, 1.82) is 0 Å². The SMILES string of the molecule is CCC1CN(CCCOC)CCC1=NO. The maximum absolute atomic E-state index is 8.84. The van der Waals surface area contributed by atoms with Crippen molar-refractivity contribution in [1.82, 2.24) is 4.90 Å². The van der Waals surface area contributed by atoms with Crippen LogP contribution in [0.5, 0.6) is 0 Å². The zero-order valence-electron chi connectivity index (χ0n) is 9.78. The van der Waals surface area contributed by atoms with Gasteiger partial charge in [-0.2, -0.15) is 0 Å². The minimum absolute atomic E-state index is 0.436. The van der Waals surface area contributed by atoms with Gasteiger partial charge in [0, 0.05) is 45.7 Å². The van der Waals surface area contributed by atoms with E-state index in [1.807, 2.05) is 0 Å². The molecule has 1 heterocycles. The molecule has 1 aliphatic heterocycles. The second-order valence-corrected chi connectivity index (χ2v) is 4.09. The number of ether oxygens (including phenoxy) is 1. The molecule has 4 heteroatoms. The van der Waals surface area contributed by atoms with Gasteiger partial charge in [0.1, 0.15) is 0 Å². The second-order valence-electron chi connectivity index (χ2n) is 4.09. The Morgan fingerprint density at radius 1 is 1.60 bits per heavy atom. The molecule has 1 unspecified atom stereocenters. The van der Waals surface area contributed by atoms with Crippen LogP contribution < -0.4 is 0 Å². The standard InChI is InChI=1S/C11H22N2O2/c1-3-10-9-13(6-4-8-15-2)7-5-11(10)12-14/h10,14H,3-9H2,1-2H3. The highest BCUT2D eigenvalue weighted by molar-refractivity contribution is 5.87. The van der Waals surface area contributed by atoms with Crippen LogP contribution in [0.2, 0.25) is 0 Å². The van der Waals surface area contributed by atoms with E-state index in [0.29, 0.717) is 5.92 Å². The van der Waals surface area contributed by atoms with Gasteiger partial charge in [0.2, 0.25) is 0 Å². The van der Waals surface area contributed by atoms with Gasteiger partial charge in [0.15, 0.2) is 0 Å². The van der Waals surface area contributed by atoms with E-state index < -0.39 is 0 Å². The maximum atomic E-state index is 8.84. The van der Waals surface area contributed by atoms with Gasteiger partial charge in [-0.15, -0.1) is 0 Å². The van der Waals surface area contributed by atoms with Crippen LogP contribution in [0, 0.1) is 5.92 Å². The fourth-order valence-electron chi connectivity index (χ4n) is 2.12. The summed E-state index contributed by atoms with van der Waals surface area (Å²) in [5.74, 6) is 0.436. The number of likely N-dealkylation sites (tertiary alicyclic amines) is 1. The molecule has 1 rings (SSSR count). The summed E-state index contributed by atoms with van der Waals surface area (Å²) < 4.78 is 5.04. The fourth-order valence-corrected chi connectivity index (χ4v) is 2.12. The lowest BCUT2D eigenvalue weighted by atomic mass is 9.93. The Balaban J connectivity index is 2.32. The molecule has 0 bridgehead atoms. The van der Waals surface area contributed by atoms with Crippen LogP contribution in [-0.4, -0.2) is 49.2 Å². The molecule has 1 aliphatic rings. The van der Waals surface area contributed by atoms with Crippen LogP contribution in [0.4, 0.5) is 0 Å². The number of rotatable bonds is 5. The van der Waals surface area contributed by atoms with Crippen LogP contribution in [-0.2, 0) is 4.74 Å². The Bertz CT molecular complexity index is 207. The molecule has 0 aromatic heterocycles. The van der Waals surface area contributed by atoms with Crippen LogP contribution in [0.15, 0.2) is 5.16 Å². The smallest absolute Gasteiger partial charge is 0.0627 e. The highest BCUT2D eigenvalue weighted by atomic mass is 16.5. The van der Waals surface area contributed by atoms with E-state index in [2.05, 4.69) is 17.0 Å². The summed E-state index contributed by atoms with van der Waals surface area (Å²) in [5.41, 5.74) is 0.973. The van der Waals surface area contributed by atoms with Crippen LogP contribution in [0.25, 0.3) is 0 Å². The third-order valence-electron chi connectivity index (χ3n) is 3.08. The van der Waals surface area contributed by atoms with E-state index >= 15 is 0 Å². The molecular formula is C11H22N2O2. The molecule has 1 N–H and O–H groups in total. The summed E-state index contributed by atoms with van der Waals surface area (Å²) in [6.07, 6.45) is 3.04. The van der Waals surface area contributed by atoms with E-state index in [0.717, 1.165) is 51.2 Å². The molecule has 0 spiro atoms. The van der Waals surface area contributed by atoms with Crippen molar-refractivity contribution < 1.29 is 9.94 Å². The van der Waals surface area contributed by atoms with Gasteiger partial charge >= 0.3 is 0 Å². The first kappa shape index (κ1) is 12.5. The number of nitrogens with zero attached hydrogens (tertiary/aromatic N) is 2. The Kier molecular flexibility index (Phi) is 5.65. The van der Waals surface area contributed by atoms with Gasteiger partial charge in [-0.25, -0.2) is 0 Å². The first-order valence-corrected chi connectivity index (χ1v) is 5.74. The van der Waals surface area contributed by atoms with Crippen molar-refractivity contribution in [3.05, 3.63) is 0 Å². The Hall–Kier alpha value is -0.610. The third-order valence-corrected chi connectivity index (χ3v) is 3.08. The predicted octanol–water partition coefficient (Wildman–Crippen LogP) is 1.58. The van der Waals surface area contributed by atoms with Crippen LogP contribution in [0.1, 0.15) is 26.2 Å². The van der Waals surface area contributed by atoms with Gasteiger partial charge in [-0.1, -0.05) is 12.1 Å². The maximum Gasteiger partial charge on any atom is 0.0627 e. The Labute approximate surface area is 91.9 Å². The van der Waals surface area contributed by atoms with Crippen molar-refractivity contribution >= 4 is 5.71 Å². The molecule has 0 amide bonds.